The summed E-state index contributed by atoms with van der Waals surface area (Å²) < 4.78 is 38.5. The van der Waals surface area contributed by atoms with Crippen LogP contribution in [0.1, 0.15) is 5.56 Å². The van der Waals surface area contributed by atoms with Crippen LogP contribution in [0, 0.1) is 5.82 Å². The average Bonchev–Trinajstić information content (AvgIpc) is 2.93. The molecule has 0 fully saturated rings. The van der Waals surface area contributed by atoms with Gasteiger partial charge in [-0.3, -0.25) is 4.31 Å². The Bertz CT molecular complexity index is 950. The molecule has 0 radical (unpaired) electrons. The first-order valence-electron chi connectivity index (χ1n) is 7.38. The summed E-state index contributed by atoms with van der Waals surface area (Å²) in [6.07, 6.45) is 1.72. The number of anilines is 3. The van der Waals surface area contributed by atoms with Crippen molar-refractivity contribution < 1.29 is 17.6 Å². The summed E-state index contributed by atoms with van der Waals surface area (Å²) in [5.74, 6) is -0.639. The normalized spacial score (nSPS) is 13.5. The predicted octanol–water partition coefficient (Wildman–Crippen LogP) is 3.45. The minimum absolute atomic E-state index is 0.00584. The number of fused-ring (bicyclic) bond motifs is 1. The number of urea groups is 1. The average molecular weight is 384 g/mol. The molecule has 0 saturated heterocycles. The number of carbonyl (C=O) groups excluding carboxylic acids is 1. The molecule has 0 saturated carbocycles. The molecular weight excluding hydrogens is 369 g/mol. The summed E-state index contributed by atoms with van der Waals surface area (Å²) in [7, 11) is -3.32. The quantitative estimate of drug-likeness (QED) is 0.852. The van der Waals surface area contributed by atoms with Gasteiger partial charge in [0.25, 0.3) is 0 Å². The third kappa shape index (κ3) is 3.85. The van der Waals surface area contributed by atoms with Gasteiger partial charge in [0, 0.05) is 17.3 Å². The van der Waals surface area contributed by atoms with Crippen LogP contribution in [0.25, 0.3) is 0 Å². The van der Waals surface area contributed by atoms with E-state index >= 15 is 0 Å². The first-order chi connectivity index (χ1) is 11.7. The summed E-state index contributed by atoms with van der Waals surface area (Å²) in [5.41, 5.74) is 1.92. The lowest BCUT2D eigenvalue weighted by atomic mass is 10.1. The van der Waals surface area contributed by atoms with Crippen molar-refractivity contribution in [3.8, 4) is 0 Å². The van der Waals surface area contributed by atoms with Gasteiger partial charge in [0.1, 0.15) is 5.82 Å². The molecule has 2 amide bonds. The number of halogens is 2. The van der Waals surface area contributed by atoms with Crippen LogP contribution >= 0.6 is 11.6 Å². The fraction of sp³-hybridized carbons (Fsp3) is 0.188. The molecule has 132 valence electrons. The number of sulfonamides is 1. The third-order valence-electron chi connectivity index (χ3n) is 3.77. The lowest BCUT2D eigenvalue weighted by Gasteiger charge is -2.16. The zero-order valence-corrected chi connectivity index (χ0v) is 14.8. The van der Waals surface area contributed by atoms with Crippen molar-refractivity contribution in [1.82, 2.24) is 0 Å². The Hall–Kier alpha value is -2.32. The van der Waals surface area contributed by atoms with Crippen molar-refractivity contribution in [2.45, 2.75) is 6.42 Å². The van der Waals surface area contributed by atoms with Crippen molar-refractivity contribution in [3.05, 3.63) is 52.8 Å². The molecule has 0 aliphatic carbocycles. The molecule has 9 heteroatoms. The van der Waals surface area contributed by atoms with Gasteiger partial charge in [-0.1, -0.05) is 11.6 Å². The highest BCUT2D eigenvalue weighted by Crippen LogP contribution is 2.32. The highest BCUT2D eigenvalue weighted by Gasteiger charge is 2.26. The first kappa shape index (κ1) is 17.5. The van der Waals surface area contributed by atoms with E-state index in [1.165, 1.54) is 16.4 Å². The van der Waals surface area contributed by atoms with Crippen molar-refractivity contribution in [2.75, 3.05) is 27.7 Å². The Morgan fingerprint density at radius 2 is 1.96 bits per heavy atom. The van der Waals surface area contributed by atoms with E-state index in [-0.39, 0.29) is 10.7 Å². The van der Waals surface area contributed by atoms with Crippen LogP contribution in [0.4, 0.5) is 26.2 Å². The van der Waals surface area contributed by atoms with Crippen molar-refractivity contribution >= 4 is 44.7 Å². The largest absolute Gasteiger partial charge is 0.323 e. The summed E-state index contributed by atoms with van der Waals surface area (Å²) in [6, 6.07) is 8.27. The molecular formula is C16H15ClFN3O3S. The van der Waals surface area contributed by atoms with E-state index in [0.29, 0.717) is 24.3 Å². The lowest BCUT2D eigenvalue weighted by molar-refractivity contribution is 0.262. The maximum atomic E-state index is 13.7. The monoisotopic (exact) mass is 383 g/mol. The van der Waals surface area contributed by atoms with Crippen molar-refractivity contribution in [1.29, 1.82) is 0 Å². The van der Waals surface area contributed by atoms with Gasteiger partial charge in [0.2, 0.25) is 10.0 Å². The molecule has 3 rings (SSSR count). The zero-order valence-electron chi connectivity index (χ0n) is 13.2. The smallest absolute Gasteiger partial charge is 0.308 e. The van der Waals surface area contributed by atoms with E-state index < -0.39 is 21.9 Å². The second-order valence-corrected chi connectivity index (χ2v) is 7.98. The summed E-state index contributed by atoms with van der Waals surface area (Å²) >= 11 is 5.67. The zero-order chi connectivity index (χ0) is 18.2. The van der Waals surface area contributed by atoms with E-state index in [0.717, 1.165) is 17.9 Å². The Morgan fingerprint density at radius 1 is 1.20 bits per heavy atom. The standard InChI is InChI=1S/C16H15ClFN3O3S/c1-25(23,24)21-7-6-10-8-12(3-5-15(10)21)19-16(22)20-14-4-2-11(17)9-13(14)18/h2-5,8-9H,6-7H2,1H3,(H2,19,20,22). The number of nitrogens with one attached hydrogen (secondary N) is 2. The lowest BCUT2D eigenvalue weighted by Crippen LogP contribution is -2.27. The van der Waals surface area contributed by atoms with Crippen LogP contribution in [0.5, 0.6) is 0 Å². The second-order valence-electron chi connectivity index (χ2n) is 5.63. The van der Waals surface area contributed by atoms with Crippen molar-refractivity contribution in [3.63, 3.8) is 0 Å². The molecule has 6 nitrogen and oxygen atoms in total. The molecule has 0 unspecified atom stereocenters. The SMILES string of the molecule is CS(=O)(=O)N1CCc2cc(NC(=O)Nc3ccc(Cl)cc3F)ccc21. The van der Waals surface area contributed by atoms with Crippen LogP contribution in [-0.4, -0.2) is 27.2 Å². The number of amides is 2. The topological polar surface area (TPSA) is 78.5 Å². The number of rotatable bonds is 3. The van der Waals surface area contributed by atoms with E-state index in [9.17, 15) is 17.6 Å². The van der Waals surface area contributed by atoms with E-state index in [1.54, 1.807) is 18.2 Å². The minimum Gasteiger partial charge on any atom is -0.308 e. The number of nitrogens with zero attached hydrogens (tertiary/aromatic N) is 1. The molecule has 1 aliphatic rings. The molecule has 0 aromatic heterocycles. The van der Waals surface area contributed by atoms with Gasteiger partial charge in [-0.25, -0.2) is 17.6 Å². The highest BCUT2D eigenvalue weighted by molar-refractivity contribution is 7.92. The number of hydrogen-bond donors (Lipinski definition) is 2. The van der Waals surface area contributed by atoms with Gasteiger partial charge in [0.05, 0.1) is 17.6 Å². The molecule has 2 aromatic carbocycles. The molecule has 0 bridgehead atoms. The van der Waals surface area contributed by atoms with Crippen LogP contribution in [0.2, 0.25) is 5.02 Å². The molecule has 1 aliphatic heterocycles. The summed E-state index contributed by atoms with van der Waals surface area (Å²) in [4.78, 5) is 12.0. The molecule has 2 N–H and O–H groups in total. The van der Waals surface area contributed by atoms with Crippen LogP contribution < -0.4 is 14.9 Å². The molecule has 0 spiro atoms. The van der Waals surface area contributed by atoms with Gasteiger partial charge in [-0.2, -0.15) is 0 Å². The predicted molar refractivity (Wildman–Crippen MR) is 96.4 cm³/mol. The van der Waals surface area contributed by atoms with Gasteiger partial charge in [-0.15, -0.1) is 0 Å². The highest BCUT2D eigenvalue weighted by atomic mass is 35.5. The first-order valence-corrected chi connectivity index (χ1v) is 9.60. The van der Waals surface area contributed by atoms with Gasteiger partial charge in [0.15, 0.2) is 0 Å². The van der Waals surface area contributed by atoms with Crippen LogP contribution in [0.15, 0.2) is 36.4 Å². The Labute approximate surface area is 149 Å². The Balaban J connectivity index is 1.73. The van der Waals surface area contributed by atoms with E-state index in [4.69, 9.17) is 11.6 Å². The fourth-order valence-electron chi connectivity index (χ4n) is 2.67. The van der Waals surface area contributed by atoms with Gasteiger partial charge in [-0.05, 0) is 48.4 Å². The summed E-state index contributed by atoms with van der Waals surface area (Å²) in [5, 5.41) is 5.23. The second kappa shape index (κ2) is 6.53. The van der Waals surface area contributed by atoms with Crippen molar-refractivity contribution in [2.24, 2.45) is 0 Å². The van der Waals surface area contributed by atoms with Gasteiger partial charge < -0.3 is 10.6 Å². The molecule has 25 heavy (non-hydrogen) atoms. The van der Waals surface area contributed by atoms with Crippen LogP contribution in [-0.2, 0) is 16.4 Å². The minimum atomic E-state index is -3.32. The molecule has 0 atom stereocenters. The van der Waals surface area contributed by atoms with E-state index in [2.05, 4.69) is 10.6 Å². The maximum Gasteiger partial charge on any atom is 0.323 e. The summed E-state index contributed by atoms with van der Waals surface area (Å²) in [6.45, 7) is 0.375. The molecule has 1 heterocycles. The number of carbonyl (C=O) groups is 1. The fourth-order valence-corrected chi connectivity index (χ4v) is 3.79. The number of hydrogen-bond acceptors (Lipinski definition) is 3. The number of benzene rings is 2. The Kier molecular flexibility index (Phi) is 4.57. The Morgan fingerprint density at radius 3 is 2.64 bits per heavy atom. The van der Waals surface area contributed by atoms with E-state index in [1.807, 2.05) is 0 Å². The van der Waals surface area contributed by atoms with Crippen LogP contribution in [0.3, 0.4) is 0 Å². The third-order valence-corrected chi connectivity index (χ3v) is 5.18. The van der Waals surface area contributed by atoms with Gasteiger partial charge >= 0.3 is 6.03 Å². The maximum absolute atomic E-state index is 13.7. The molecule has 2 aromatic rings.